The topological polar surface area (TPSA) is 14.3 Å². The van der Waals surface area contributed by atoms with Gasteiger partial charge in [-0.15, -0.1) is 0 Å². The largest absolute Gasteiger partial charge is 0.295 e. The minimum absolute atomic E-state index is 0.0690. The Labute approximate surface area is 267 Å². The molecule has 0 aliphatic heterocycles. The second-order valence-corrected chi connectivity index (χ2v) is 13.1. The number of nitrogens with zero attached hydrogens (tertiary/aromatic N) is 3. The quantitative estimate of drug-likeness (QED) is 0.195. The first kappa shape index (κ1) is 25.5. The summed E-state index contributed by atoms with van der Waals surface area (Å²) in [5.74, 6) is 0. The Morgan fingerprint density at radius 2 is 1.07 bits per heavy atom. The van der Waals surface area contributed by atoms with Gasteiger partial charge in [-0.2, -0.15) is 0 Å². The fraction of sp³-hybridized carbons (Fsp3) is 0.0698. The van der Waals surface area contributed by atoms with Crippen LogP contribution in [0.3, 0.4) is 0 Å². The Bertz CT molecular complexity index is 2640. The highest BCUT2D eigenvalue weighted by Crippen LogP contribution is 2.49. The molecule has 46 heavy (non-hydrogen) atoms. The van der Waals surface area contributed by atoms with Gasteiger partial charge in [-0.05, 0) is 81.9 Å². The molecule has 9 aromatic rings. The predicted octanol–water partition coefficient (Wildman–Crippen LogP) is 11.0. The van der Waals surface area contributed by atoms with Crippen LogP contribution in [0, 0.1) is 0 Å². The number of imidazole rings is 1. The average molecular weight is 590 g/mol. The average Bonchev–Trinajstić information content (AvgIpc) is 3.79. The van der Waals surface area contributed by atoms with Gasteiger partial charge in [0.25, 0.3) is 0 Å². The third kappa shape index (κ3) is 3.32. The van der Waals surface area contributed by atoms with Crippen molar-refractivity contribution in [3.05, 3.63) is 163 Å². The van der Waals surface area contributed by atoms with Crippen molar-refractivity contribution in [2.75, 3.05) is 0 Å². The van der Waals surface area contributed by atoms with E-state index in [-0.39, 0.29) is 5.41 Å². The van der Waals surface area contributed by atoms with Gasteiger partial charge in [0.05, 0.1) is 16.6 Å². The zero-order valence-corrected chi connectivity index (χ0v) is 25.8. The highest BCUT2D eigenvalue weighted by Gasteiger charge is 2.35. The van der Waals surface area contributed by atoms with Crippen LogP contribution in [-0.4, -0.2) is 13.5 Å². The molecule has 0 saturated heterocycles. The van der Waals surface area contributed by atoms with Crippen LogP contribution in [-0.2, 0) is 5.41 Å². The molecule has 0 atom stereocenters. The number of benzene rings is 6. The lowest BCUT2D eigenvalue weighted by Crippen LogP contribution is -2.15. The molecule has 1 aliphatic carbocycles. The third-order valence-electron chi connectivity index (χ3n) is 10.3. The van der Waals surface area contributed by atoms with Gasteiger partial charge < -0.3 is 0 Å². The molecule has 218 valence electrons. The lowest BCUT2D eigenvalue weighted by atomic mass is 9.82. The van der Waals surface area contributed by atoms with E-state index in [1.54, 1.807) is 0 Å². The Kier molecular flexibility index (Phi) is 5.06. The Morgan fingerprint density at radius 1 is 0.435 bits per heavy atom. The Balaban J connectivity index is 1.26. The van der Waals surface area contributed by atoms with Gasteiger partial charge in [0.2, 0.25) is 0 Å². The van der Waals surface area contributed by atoms with Gasteiger partial charge in [-0.3, -0.25) is 13.5 Å². The number of para-hydroxylation sites is 3. The van der Waals surface area contributed by atoms with Gasteiger partial charge in [0.1, 0.15) is 11.3 Å². The van der Waals surface area contributed by atoms with Crippen molar-refractivity contribution >= 4 is 38.6 Å². The van der Waals surface area contributed by atoms with Crippen LogP contribution in [0.4, 0.5) is 0 Å². The number of hydrogen-bond donors (Lipinski definition) is 0. The normalized spacial score (nSPS) is 13.6. The van der Waals surface area contributed by atoms with Crippen molar-refractivity contribution in [1.29, 1.82) is 0 Å². The van der Waals surface area contributed by atoms with E-state index in [0.717, 1.165) is 11.3 Å². The molecule has 6 aromatic carbocycles. The predicted molar refractivity (Wildman–Crippen MR) is 192 cm³/mol. The molecule has 0 amide bonds. The van der Waals surface area contributed by atoms with E-state index >= 15 is 0 Å². The summed E-state index contributed by atoms with van der Waals surface area (Å²) in [5, 5.41) is 2.52. The van der Waals surface area contributed by atoms with E-state index < -0.39 is 0 Å². The van der Waals surface area contributed by atoms with Gasteiger partial charge in [0, 0.05) is 27.6 Å². The number of fused-ring (bicyclic) bond motifs is 10. The summed E-state index contributed by atoms with van der Waals surface area (Å²) < 4.78 is 7.35. The maximum atomic E-state index is 2.48. The van der Waals surface area contributed by atoms with Crippen LogP contribution < -0.4 is 0 Å². The molecule has 3 heterocycles. The standard InChI is InChI=1S/C43H31N3/c1-43(2)36-16-8-6-14-32(36)33-25-24-31(26-37(33)43)45-38-17-9-7-15-34(38)35-27-41-44(39-18-10-11-19-40(39)46(41)42(35)45)30-22-20-29(21-23-30)28-12-4-3-5-13-28/h3-27H,1-2H3. The summed E-state index contributed by atoms with van der Waals surface area (Å²) >= 11 is 0. The third-order valence-corrected chi connectivity index (χ3v) is 10.3. The minimum Gasteiger partial charge on any atom is -0.295 e. The van der Waals surface area contributed by atoms with Gasteiger partial charge in [-0.1, -0.05) is 117 Å². The zero-order valence-electron chi connectivity index (χ0n) is 25.8. The van der Waals surface area contributed by atoms with Gasteiger partial charge >= 0.3 is 0 Å². The van der Waals surface area contributed by atoms with Crippen molar-refractivity contribution in [3.8, 4) is 33.6 Å². The van der Waals surface area contributed by atoms with E-state index in [4.69, 9.17) is 0 Å². The fourth-order valence-electron chi connectivity index (χ4n) is 8.08. The molecule has 0 saturated carbocycles. The number of hydrogen-bond acceptors (Lipinski definition) is 0. The van der Waals surface area contributed by atoms with Gasteiger partial charge in [-0.25, -0.2) is 0 Å². The molecule has 0 spiro atoms. The molecule has 10 rings (SSSR count). The first-order valence-corrected chi connectivity index (χ1v) is 16.0. The zero-order chi connectivity index (χ0) is 30.6. The summed E-state index contributed by atoms with van der Waals surface area (Å²) in [5.41, 5.74) is 16.1. The molecular formula is C43H31N3. The number of aromatic nitrogens is 3. The van der Waals surface area contributed by atoms with Crippen molar-refractivity contribution < 1.29 is 0 Å². The van der Waals surface area contributed by atoms with E-state index in [0.29, 0.717) is 0 Å². The lowest BCUT2D eigenvalue weighted by molar-refractivity contribution is 0.660. The summed E-state index contributed by atoms with van der Waals surface area (Å²) in [4.78, 5) is 0. The highest BCUT2D eigenvalue weighted by atomic mass is 15.2. The lowest BCUT2D eigenvalue weighted by Gasteiger charge is -2.22. The monoisotopic (exact) mass is 589 g/mol. The number of rotatable bonds is 3. The first-order chi connectivity index (χ1) is 22.6. The highest BCUT2D eigenvalue weighted by molar-refractivity contribution is 6.12. The second kappa shape index (κ2) is 9.12. The van der Waals surface area contributed by atoms with E-state index in [2.05, 4.69) is 179 Å². The molecule has 1 aliphatic rings. The van der Waals surface area contributed by atoms with Crippen LogP contribution in [0.5, 0.6) is 0 Å². The van der Waals surface area contributed by atoms with E-state index in [1.807, 2.05) is 0 Å². The van der Waals surface area contributed by atoms with E-state index in [1.165, 1.54) is 72.0 Å². The molecule has 0 fully saturated rings. The SMILES string of the molecule is CC1(C)c2ccccc2-c2ccc(-n3c4ccccc4c4cc5n(-c6ccc(-c7ccccc7)cc6)c6ccccc6n5c43)cc21. The molecule has 0 N–H and O–H groups in total. The van der Waals surface area contributed by atoms with E-state index in [9.17, 15) is 0 Å². The van der Waals surface area contributed by atoms with Crippen LogP contribution in [0.2, 0.25) is 0 Å². The molecule has 3 nitrogen and oxygen atoms in total. The minimum atomic E-state index is -0.0690. The smallest absolute Gasteiger partial charge is 0.132 e. The molecule has 3 heteroatoms. The van der Waals surface area contributed by atoms with Gasteiger partial charge in [0.15, 0.2) is 0 Å². The molecule has 0 bridgehead atoms. The summed E-state index contributed by atoms with van der Waals surface area (Å²) in [6.45, 7) is 4.72. The van der Waals surface area contributed by atoms with Crippen LogP contribution in [0.15, 0.2) is 152 Å². The fourth-order valence-corrected chi connectivity index (χ4v) is 8.08. The van der Waals surface area contributed by atoms with Crippen LogP contribution in [0.1, 0.15) is 25.0 Å². The van der Waals surface area contributed by atoms with Crippen molar-refractivity contribution in [1.82, 2.24) is 13.5 Å². The molecule has 0 radical (unpaired) electrons. The molecule has 3 aromatic heterocycles. The van der Waals surface area contributed by atoms with Crippen LogP contribution in [0.25, 0.3) is 72.2 Å². The Hall–Kier alpha value is -5.80. The summed E-state index contributed by atoms with van der Waals surface area (Å²) in [6, 6.07) is 55.5. The second-order valence-electron chi connectivity index (χ2n) is 13.1. The Morgan fingerprint density at radius 3 is 1.89 bits per heavy atom. The van der Waals surface area contributed by atoms with Crippen molar-refractivity contribution in [2.24, 2.45) is 0 Å². The molecule has 0 unspecified atom stereocenters. The summed E-state index contributed by atoms with van der Waals surface area (Å²) in [7, 11) is 0. The maximum Gasteiger partial charge on any atom is 0.132 e. The van der Waals surface area contributed by atoms with Crippen molar-refractivity contribution in [2.45, 2.75) is 19.3 Å². The summed E-state index contributed by atoms with van der Waals surface area (Å²) in [6.07, 6.45) is 0. The van der Waals surface area contributed by atoms with Crippen LogP contribution >= 0.6 is 0 Å². The first-order valence-electron chi connectivity index (χ1n) is 16.0. The van der Waals surface area contributed by atoms with Crippen molar-refractivity contribution in [3.63, 3.8) is 0 Å². The maximum absolute atomic E-state index is 2.48. The molecular weight excluding hydrogens is 558 g/mol.